The fraction of sp³-hybridized carbons (Fsp3) is 0.565. The highest BCUT2D eigenvalue weighted by molar-refractivity contribution is 6.03. The average Bonchev–Trinajstić information content (AvgIpc) is 3.31. The second-order valence-electron chi connectivity index (χ2n) is 9.68. The molecule has 0 spiro atoms. The molecule has 3 amide bonds. The Bertz CT molecular complexity index is 1050. The summed E-state index contributed by atoms with van der Waals surface area (Å²) in [5, 5.41) is 11.5. The number of fused-ring (bicyclic) bond motifs is 1. The number of nitrogens with zero attached hydrogens (tertiary/aromatic N) is 3. The van der Waals surface area contributed by atoms with Gasteiger partial charge >= 0.3 is 6.09 Å². The van der Waals surface area contributed by atoms with Crippen LogP contribution in [0.5, 0.6) is 0 Å². The summed E-state index contributed by atoms with van der Waals surface area (Å²) in [5.41, 5.74) is 2.07. The second-order valence-corrected chi connectivity index (χ2v) is 9.68. The zero-order valence-corrected chi connectivity index (χ0v) is 19.1. The maximum atomic E-state index is 12.4. The maximum Gasteiger partial charge on any atom is 0.410 e. The minimum atomic E-state index is -0.497. The quantitative estimate of drug-likeness (QED) is 0.707. The van der Waals surface area contributed by atoms with Crippen molar-refractivity contribution in [3.63, 3.8) is 0 Å². The van der Waals surface area contributed by atoms with Crippen LogP contribution >= 0.6 is 0 Å². The molecule has 4 rings (SSSR count). The number of amides is 3. The summed E-state index contributed by atoms with van der Waals surface area (Å²) < 4.78 is 7.27. The van der Waals surface area contributed by atoms with E-state index >= 15 is 0 Å². The minimum Gasteiger partial charge on any atom is -0.444 e. The molecule has 1 aromatic heterocycles. The summed E-state index contributed by atoms with van der Waals surface area (Å²) >= 11 is 0. The third-order valence-electron chi connectivity index (χ3n) is 5.98. The predicted molar refractivity (Wildman–Crippen MR) is 120 cm³/mol. The molecule has 2 aromatic rings. The summed E-state index contributed by atoms with van der Waals surface area (Å²) in [6, 6.07) is 5.91. The molecular weight excluding hydrogens is 410 g/mol. The van der Waals surface area contributed by atoms with Crippen LogP contribution in [-0.2, 0) is 21.4 Å². The number of likely N-dealkylation sites (tertiary alicyclic amines) is 1. The van der Waals surface area contributed by atoms with Crippen molar-refractivity contribution in [3.05, 3.63) is 23.9 Å². The number of para-hydroxylation sites is 1. The van der Waals surface area contributed by atoms with E-state index in [0.717, 1.165) is 29.6 Å². The van der Waals surface area contributed by atoms with Gasteiger partial charge in [0.05, 0.1) is 22.8 Å². The molecule has 2 N–H and O–H groups in total. The van der Waals surface area contributed by atoms with Crippen molar-refractivity contribution < 1.29 is 19.1 Å². The topological polar surface area (TPSA) is 106 Å². The largest absolute Gasteiger partial charge is 0.444 e. The number of ether oxygens (including phenoxy) is 1. The number of benzene rings is 1. The lowest BCUT2D eigenvalue weighted by Gasteiger charge is -2.24. The van der Waals surface area contributed by atoms with Gasteiger partial charge in [0.2, 0.25) is 11.8 Å². The van der Waals surface area contributed by atoms with Gasteiger partial charge in [0.25, 0.3) is 0 Å². The Morgan fingerprint density at radius 1 is 1.28 bits per heavy atom. The molecule has 32 heavy (non-hydrogen) atoms. The second kappa shape index (κ2) is 8.44. The lowest BCUT2D eigenvalue weighted by Crippen LogP contribution is -2.39. The van der Waals surface area contributed by atoms with Crippen molar-refractivity contribution in [2.45, 2.75) is 51.6 Å². The molecule has 0 aliphatic carbocycles. The Hall–Kier alpha value is -3.10. The molecule has 0 radical (unpaired) electrons. The van der Waals surface area contributed by atoms with Crippen LogP contribution in [0.15, 0.2) is 18.2 Å². The molecule has 2 aliphatic rings. The lowest BCUT2D eigenvalue weighted by atomic mass is 9.92. The van der Waals surface area contributed by atoms with Crippen molar-refractivity contribution >= 4 is 34.5 Å². The zero-order chi connectivity index (χ0) is 23.0. The molecule has 2 fully saturated rings. The zero-order valence-electron chi connectivity index (χ0n) is 19.1. The van der Waals surface area contributed by atoms with Gasteiger partial charge < -0.3 is 15.0 Å². The smallest absolute Gasteiger partial charge is 0.410 e. The molecule has 1 unspecified atom stereocenters. The van der Waals surface area contributed by atoms with Crippen molar-refractivity contribution in [2.24, 2.45) is 13.0 Å². The van der Waals surface area contributed by atoms with Crippen molar-refractivity contribution in [2.75, 3.05) is 25.0 Å². The van der Waals surface area contributed by atoms with Crippen LogP contribution < -0.4 is 10.6 Å². The van der Waals surface area contributed by atoms with Gasteiger partial charge in [-0.3, -0.25) is 19.6 Å². The summed E-state index contributed by atoms with van der Waals surface area (Å²) in [6.07, 6.45) is 1.44. The number of rotatable bonds is 4. The van der Waals surface area contributed by atoms with Gasteiger partial charge in [0.1, 0.15) is 5.60 Å². The summed E-state index contributed by atoms with van der Waals surface area (Å²) in [5.74, 6) is -0.622. The molecule has 172 valence electrons. The van der Waals surface area contributed by atoms with Gasteiger partial charge in [0, 0.05) is 38.5 Å². The van der Waals surface area contributed by atoms with E-state index in [-0.39, 0.29) is 17.9 Å². The van der Waals surface area contributed by atoms with Crippen molar-refractivity contribution in [3.8, 4) is 0 Å². The molecule has 2 atom stereocenters. The van der Waals surface area contributed by atoms with Crippen molar-refractivity contribution in [1.82, 2.24) is 20.0 Å². The monoisotopic (exact) mass is 441 g/mol. The average molecular weight is 442 g/mol. The SMILES string of the molecule is Cn1nc(C2CCC(=O)NC2=O)c2cccc(NC[C@H]3CCN(C(=O)OC(C)(C)C)C3)c21. The number of aromatic nitrogens is 2. The Kier molecular flexibility index (Phi) is 5.83. The lowest BCUT2D eigenvalue weighted by molar-refractivity contribution is -0.134. The molecule has 2 aliphatic heterocycles. The van der Waals surface area contributed by atoms with Gasteiger partial charge in [-0.05, 0) is 45.6 Å². The first-order valence-corrected chi connectivity index (χ1v) is 11.1. The van der Waals surface area contributed by atoms with Gasteiger partial charge in [-0.15, -0.1) is 0 Å². The van der Waals surface area contributed by atoms with Gasteiger partial charge in [-0.2, -0.15) is 5.10 Å². The predicted octanol–water partition coefficient (Wildman–Crippen LogP) is 2.76. The standard InChI is InChI=1S/C23H31N5O4/c1-23(2,3)32-22(31)28-11-10-14(13-28)12-24-17-7-5-6-15-19(26-27(4)20(15)17)16-8-9-18(29)25-21(16)30/h5-7,14,16,24H,8-13H2,1-4H3,(H,25,29,30)/t14-,16?/m1/s1. The molecule has 9 nitrogen and oxygen atoms in total. The number of imide groups is 1. The van der Waals surface area contributed by atoms with E-state index in [9.17, 15) is 14.4 Å². The highest BCUT2D eigenvalue weighted by Crippen LogP contribution is 2.33. The molecule has 1 aromatic carbocycles. The van der Waals surface area contributed by atoms with Crippen LogP contribution in [0, 0.1) is 5.92 Å². The van der Waals surface area contributed by atoms with E-state index in [2.05, 4.69) is 15.7 Å². The number of aryl methyl sites for hydroxylation is 1. The van der Waals surface area contributed by atoms with E-state index in [0.29, 0.717) is 37.5 Å². The van der Waals surface area contributed by atoms with E-state index in [1.54, 1.807) is 9.58 Å². The number of hydrogen-bond donors (Lipinski definition) is 2. The first-order valence-electron chi connectivity index (χ1n) is 11.1. The van der Waals surface area contributed by atoms with Gasteiger partial charge in [0.15, 0.2) is 0 Å². The van der Waals surface area contributed by atoms with Crippen LogP contribution in [0.2, 0.25) is 0 Å². The fourth-order valence-electron chi connectivity index (χ4n) is 4.46. The third kappa shape index (κ3) is 4.56. The van der Waals surface area contributed by atoms with E-state index in [1.807, 2.05) is 46.0 Å². The maximum absolute atomic E-state index is 12.4. The number of carbonyl (C=O) groups excluding carboxylic acids is 3. The number of anilines is 1. The van der Waals surface area contributed by atoms with Gasteiger partial charge in [-0.1, -0.05) is 12.1 Å². The Labute approximate surface area is 187 Å². The summed E-state index contributed by atoms with van der Waals surface area (Å²) in [7, 11) is 1.86. The molecule has 3 heterocycles. The van der Waals surface area contributed by atoms with Gasteiger partial charge in [-0.25, -0.2) is 4.79 Å². The number of nitrogens with one attached hydrogen (secondary N) is 2. The Morgan fingerprint density at radius 3 is 2.78 bits per heavy atom. The van der Waals surface area contributed by atoms with Crippen LogP contribution in [0.1, 0.15) is 51.6 Å². The molecule has 0 saturated carbocycles. The minimum absolute atomic E-state index is 0.231. The fourth-order valence-corrected chi connectivity index (χ4v) is 4.46. The first kappa shape index (κ1) is 22.1. The third-order valence-corrected chi connectivity index (χ3v) is 5.98. The summed E-state index contributed by atoms with van der Waals surface area (Å²) in [4.78, 5) is 38.0. The summed E-state index contributed by atoms with van der Waals surface area (Å²) in [6.45, 7) is 7.69. The molecule has 9 heteroatoms. The van der Waals surface area contributed by atoms with Crippen LogP contribution in [-0.4, -0.2) is 57.8 Å². The van der Waals surface area contributed by atoms with Crippen LogP contribution in [0.3, 0.4) is 0 Å². The van der Waals surface area contributed by atoms with Crippen LogP contribution in [0.25, 0.3) is 10.9 Å². The Morgan fingerprint density at radius 2 is 2.06 bits per heavy atom. The van der Waals surface area contributed by atoms with E-state index in [4.69, 9.17) is 4.74 Å². The first-order chi connectivity index (χ1) is 15.1. The number of piperidine rings is 1. The highest BCUT2D eigenvalue weighted by Gasteiger charge is 2.32. The number of carbonyl (C=O) groups is 3. The highest BCUT2D eigenvalue weighted by atomic mass is 16.6. The van der Waals surface area contributed by atoms with Crippen molar-refractivity contribution in [1.29, 1.82) is 0 Å². The molecular formula is C23H31N5O4. The normalized spacial score (nSPS) is 21.7. The molecule has 0 bridgehead atoms. The van der Waals surface area contributed by atoms with E-state index in [1.165, 1.54) is 0 Å². The Balaban J connectivity index is 1.46. The van der Waals surface area contributed by atoms with Crippen LogP contribution in [0.4, 0.5) is 10.5 Å². The molecule has 2 saturated heterocycles. The van der Waals surface area contributed by atoms with E-state index < -0.39 is 11.5 Å². The number of hydrogen-bond acceptors (Lipinski definition) is 6.